The van der Waals surface area contributed by atoms with E-state index < -0.39 is 0 Å². The zero-order valence-corrected chi connectivity index (χ0v) is 16.4. The second kappa shape index (κ2) is 10.3. The van der Waals surface area contributed by atoms with Crippen molar-refractivity contribution in [2.45, 2.75) is 73.9 Å². The highest BCUT2D eigenvalue weighted by molar-refractivity contribution is 6.03. The lowest BCUT2D eigenvalue weighted by Crippen LogP contribution is -2.37. The minimum Gasteiger partial charge on any atom is -0.350 e. The maximum absolute atomic E-state index is 11.7. The van der Waals surface area contributed by atoms with Crippen LogP contribution in [0.15, 0.2) is 12.2 Å². The van der Waals surface area contributed by atoms with Crippen molar-refractivity contribution in [1.82, 2.24) is 10.2 Å². The second-order valence-electron chi connectivity index (χ2n) is 7.52. The number of hydrogen-bond acceptors (Lipinski definition) is 3. The molecule has 1 atom stereocenters. The fourth-order valence-electron chi connectivity index (χ4n) is 2.35. The summed E-state index contributed by atoms with van der Waals surface area (Å²) in [5, 5.41) is 2.77. The van der Waals surface area contributed by atoms with Gasteiger partial charge in [0, 0.05) is 24.4 Å². The van der Waals surface area contributed by atoms with Crippen LogP contribution in [-0.4, -0.2) is 34.7 Å². The van der Waals surface area contributed by atoms with Crippen molar-refractivity contribution in [3.63, 3.8) is 0 Å². The molecule has 5 heteroatoms. The predicted octanol–water partition coefficient (Wildman–Crippen LogP) is 3.15. The lowest BCUT2D eigenvalue weighted by molar-refractivity contribution is -0.141. The molecule has 1 fully saturated rings. The highest BCUT2D eigenvalue weighted by atomic mass is 16.2. The van der Waals surface area contributed by atoms with Gasteiger partial charge in [0.2, 0.25) is 17.7 Å². The van der Waals surface area contributed by atoms with E-state index in [2.05, 4.69) is 5.32 Å². The zero-order chi connectivity index (χ0) is 19.0. The molecule has 1 saturated heterocycles. The summed E-state index contributed by atoms with van der Waals surface area (Å²) in [6.45, 7) is 15.7. The molecule has 0 aromatic carbocycles. The molecule has 0 aliphatic carbocycles. The molecule has 138 valence electrons. The third kappa shape index (κ3) is 7.75. The minimum atomic E-state index is -0.0881. The molecule has 0 radical (unpaired) electrons. The second-order valence-corrected chi connectivity index (χ2v) is 7.52. The first-order valence-corrected chi connectivity index (χ1v) is 8.81. The third-order valence-corrected chi connectivity index (χ3v) is 3.60. The summed E-state index contributed by atoms with van der Waals surface area (Å²) < 4.78 is 0. The molecule has 0 aromatic heterocycles. The standard InChI is InChI=1S/C10H17NO2.C9H17NO/c1-6(2)8-5-9(12)11(7(3)4)10(8)13;1-7(2)5-6-9(11)10-8(3)4/h6-8H,5H2,1-4H3;5-8H,1-4H3,(H,10,11)/b;6-5+. The number of amides is 3. The van der Waals surface area contributed by atoms with E-state index in [1.807, 2.05) is 61.5 Å². The van der Waals surface area contributed by atoms with E-state index in [4.69, 9.17) is 0 Å². The van der Waals surface area contributed by atoms with Gasteiger partial charge >= 0.3 is 0 Å². The van der Waals surface area contributed by atoms with Crippen LogP contribution in [0.1, 0.15) is 61.8 Å². The van der Waals surface area contributed by atoms with Crippen molar-refractivity contribution in [2.24, 2.45) is 17.8 Å². The van der Waals surface area contributed by atoms with Crippen molar-refractivity contribution >= 4 is 17.7 Å². The van der Waals surface area contributed by atoms with E-state index >= 15 is 0 Å². The van der Waals surface area contributed by atoms with Crippen LogP contribution in [0.5, 0.6) is 0 Å². The summed E-state index contributed by atoms with van der Waals surface area (Å²) in [5.74, 6) is 0.602. The molecule has 1 aliphatic rings. The first-order valence-electron chi connectivity index (χ1n) is 8.81. The number of carbonyl (C=O) groups excluding carboxylic acids is 3. The third-order valence-electron chi connectivity index (χ3n) is 3.60. The fourth-order valence-corrected chi connectivity index (χ4v) is 2.35. The number of likely N-dealkylation sites (tertiary alicyclic amines) is 1. The average molecular weight is 338 g/mol. The molecular weight excluding hydrogens is 304 g/mol. The number of rotatable bonds is 5. The Balaban J connectivity index is 0.000000449. The first kappa shape index (κ1) is 22.4. The van der Waals surface area contributed by atoms with Crippen LogP contribution in [0.4, 0.5) is 0 Å². The molecule has 1 rings (SSSR count). The highest BCUT2D eigenvalue weighted by Crippen LogP contribution is 2.27. The largest absolute Gasteiger partial charge is 0.350 e. The number of nitrogens with zero attached hydrogens (tertiary/aromatic N) is 1. The van der Waals surface area contributed by atoms with Gasteiger partial charge in [0.15, 0.2) is 0 Å². The summed E-state index contributed by atoms with van der Waals surface area (Å²) in [6, 6.07) is 0.225. The first-order chi connectivity index (χ1) is 11.0. The Kier molecular flexibility index (Phi) is 9.56. The quantitative estimate of drug-likeness (QED) is 0.618. The Morgan fingerprint density at radius 3 is 1.92 bits per heavy atom. The van der Waals surface area contributed by atoms with Gasteiger partial charge in [0.25, 0.3) is 0 Å². The molecule has 24 heavy (non-hydrogen) atoms. The Labute approximate surface area is 146 Å². The van der Waals surface area contributed by atoms with Crippen LogP contribution >= 0.6 is 0 Å². The van der Waals surface area contributed by atoms with Crippen LogP contribution in [0.25, 0.3) is 0 Å². The van der Waals surface area contributed by atoms with Crippen LogP contribution in [0, 0.1) is 17.8 Å². The SMILES string of the molecule is CC(C)/C=C/C(=O)NC(C)C.CC(C)C1CC(=O)N(C(C)C)C1=O. The average Bonchev–Trinajstić information content (AvgIpc) is 2.71. The van der Waals surface area contributed by atoms with Crippen molar-refractivity contribution in [3.8, 4) is 0 Å². The fraction of sp³-hybridized carbons (Fsp3) is 0.737. The van der Waals surface area contributed by atoms with Crippen molar-refractivity contribution < 1.29 is 14.4 Å². The maximum atomic E-state index is 11.7. The van der Waals surface area contributed by atoms with Crippen molar-refractivity contribution in [1.29, 1.82) is 0 Å². The molecule has 0 saturated carbocycles. The van der Waals surface area contributed by atoms with E-state index in [1.54, 1.807) is 6.08 Å². The summed E-state index contributed by atoms with van der Waals surface area (Å²) >= 11 is 0. The van der Waals surface area contributed by atoms with E-state index in [0.29, 0.717) is 12.3 Å². The van der Waals surface area contributed by atoms with Crippen molar-refractivity contribution in [3.05, 3.63) is 12.2 Å². The van der Waals surface area contributed by atoms with Gasteiger partial charge in [-0.3, -0.25) is 19.3 Å². The van der Waals surface area contributed by atoms with Crippen LogP contribution in [0.2, 0.25) is 0 Å². The number of hydrogen-bond donors (Lipinski definition) is 1. The van der Waals surface area contributed by atoms with E-state index in [9.17, 15) is 14.4 Å². The molecule has 0 bridgehead atoms. The van der Waals surface area contributed by atoms with Gasteiger partial charge < -0.3 is 5.32 Å². The van der Waals surface area contributed by atoms with E-state index in [1.165, 1.54) is 4.90 Å². The lowest BCUT2D eigenvalue weighted by Gasteiger charge is -2.19. The zero-order valence-electron chi connectivity index (χ0n) is 16.4. The van der Waals surface area contributed by atoms with Crippen LogP contribution in [-0.2, 0) is 14.4 Å². The van der Waals surface area contributed by atoms with Crippen LogP contribution < -0.4 is 5.32 Å². The Morgan fingerprint density at radius 1 is 1.08 bits per heavy atom. The normalized spacial score (nSPS) is 18.2. The number of nitrogens with one attached hydrogen (secondary N) is 1. The number of carbonyl (C=O) groups is 3. The maximum Gasteiger partial charge on any atom is 0.243 e. The highest BCUT2D eigenvalue weighted by Gasteiger charge is 2.40. The van der Waals surface area contributed by atoms with Gasteiger partial charge in [0.1, 0.15) is 0 Å². The monoisotopic (exact) mass is 338 g/mol. The Hall–Kier alpha value is -1.65. The van der Waals surface area contributed by atoms with Gasteiger partial charge in [-0.15, -0.1) is 0 Å². The van der Waals surface area contributed by atoms with Gasteiger partial charge in [0.05, 0.1) is 0 Å². The summed E-state index contributed by atoms with van der Waals surface area (Å²) in [4.78, 5) is 35.5. The van der Waals surface area contributed by atoms with Crippen LogP contribution in [0.3, 0.4) is 0 Å². The molecule has 3 amide bonds. The summed E-state index contributed by atoms with van der Waals surface area (Å²) in [7, 11) is 0. The molecule has 1 unspecified atom stereocenters. The summed E-state index contributed by atoms with van der Waals surface area (Å²) in [6.07, 6.45) is 3.87. The topological polar surface area (TPSA) is 66.5 Å². The minimum absolute atomic E-state index is 0.00347. The molecule has 1 aliphatic heterocycles. The molecule has 5 nitrogen and oxygen atoms in total. The molecular formula is C19H34N2O3. The lowest BCUT2D eigenvalue weighted by atomic mass is 9.94. The van der Waals surface area contributed by atoms with Gasteiger partial charge in [-0.25, -0.2) is 0 Å². The molecule has 1 N–H and O–H groups in total. The number of imide groups is 1. The molecule has 0 spiro atoms. The van der Waals surface area contributed by atoms with Gasteiger partial charge in [-0.1, -0.05) is 33.8 Å². The van der Waals surface area contributed by atoms with E-state index in [0.717, 1.165) is 0 Å². The van der Waals surface area contributed by atoms with Gasteiger partial charge in [-0.2, -0.15) is 0 Å². The summed E-state index contributed by atoms with van der Waals surface area (Å²) in [5.41, 5.74) is 0. The predicted molar refractivity (Wildman–Crippen MR) is 97.2 cm³/mol. The molecule has 1 heterocycles. The Morgan fingerprint density at radius 2 is 1.62 bits per heavy atom. The van der Waals surface area contributed by atoms with Gasteiger partial charge in [-0.05, 0) is 45.6 Å². The van der Waals surface area contributed by atoms with Crippen molar-refractivity contribution in [2.75, 3.05) is 0 Å². The van der Waals surface area contributed by atoms with E-state index in [-0.39, 0.29) is 41.6 Å². The molecule has 0 aromatic rings. The number of allylic oxidation sites excluding steroid dienone is 1. The Bertz CT molecular complexity index is 465. The smallest absolute Gasteiger partial charge is 0.243 e.